The van der Waals surface area contributed by atoms with Crippen LogP contribution in [0, 0.1) is 0 Å². The SMILES string of the molecule is CCNC1CCC(C)(c2cnn(C)c2)C1. The topological polar surface area (TPSA) is 29.9 Å². The summed E-state index contributed by atoms with van der Waals surface area (Å²) in [5.41, 5.74) is 1.73. The molecule has 15 heavy (non-hydrogen) atoms. The second kappa shape index (κ2) is 3.97. The van der Waals surface area contributed by atoms with Gasteiger partial charge in [0.2, 0.25) is 0 Å². The van der Waals surface area contributed by atoms with E-state index in [1.54, 1.807) is 0 Å². The number of aromatic nitrogens is 2. The molecule has 1 N–H and O–H groups in total. The molecule has 2 atom stereocenters. The van der Waals surface area contributed by atoms with Crippen molar-refractivity contribution in [1.29, 1.82) is 0 Å². The van der Waals surface area contributed by atoms with Crippen LogP contribution in [0.5, 0.6) is 0 Å². The highest BCUT2D eigenvalue weighted by molar-refractivity contribution is 5.21. The summed E-state index contributed by atoms with van der Waals surface area (Å²) >= 11 is 0. The van der Waals surface area contributed by atoms with E-state index < -0.39 is 0 Å². The average molecular weight is 207 g/mol. The second-order valence-corrected chi connectivity index (χ2v) is 4.96. The Morgan fingerprint density at radius 3 is 3.07 bits per heavy atom. The van der Waals surface area contributed by atoms with Gasteiger partial charge in [-0.3, -0.25) is 4.68 Å². The number of nitrogens with zero attached hydrogens (tertiary/aromatic N) is 2. The molecule has 84 valence electrons. The van der Waals surface area contributed by atoms with E-state index in [1.807, 2.05) is 17.9 Å². The van der Waals surface area contributed by atoms with Crippen LogP contribution < -0.4 is 5.32 Å². The molecule has 1 aromatic heterocycles. The zero-order valence-electron chi connectivity index (χ0n) is 9.95. The van der Waals surface area contributed by atoms with E-state index in [0.717, 1.165) is 6.54 Å². The Balaban J connectivity index is 2.09. The van der Waals surface area contributed by atoms with E-state index in [4.69, 9.17) is 0 Å². The smallest absolute Gasteiger partial charge is 0.0527 e. The first-order chi connectivity index (χ1) is 7.14. The molecule has 3 nitrogen and oxygen atoms in total. The summed E-state index contributed by atoms with van der Waals surface area (Å²) in [6.45, 7) is 5.62. The average Bonchev–Trinajstić information content (AvgIpc) is 2.75. The number of rotatable bonds is 3. The molecule has 2 rings (SSSR count). The molecule has 0 bridgehead atoms. The van der Waals surface area contributed by atoms with Crippen molar-refractivity contribution in [2.45, 2.75) is 44.6 Å². The van der Waals surface area contributed by atoms with Crippen molar-refractivity contribution in [3.05, 3.63) is 18.0 Å². The second-order valence-electron chi connectivity index (χ2n) is 4.96. The predicted octanol–water partition coefficient (Wildman–Crippen LogP) is 1.84. The van der Waals surface area contributed by atoms with E-state index in [1.165, 1.54) is 24.8 Å². The summed E-state index contributed by atoms with van der Waals surface area (Å²) in [6, 6.07) is 0.695. The summed E-state index contributed by atoms with van der Waals surface area (Å²) in [6.07, 6.45) is 7.99. The molecule has 1 aliphatic carbocycles. The van der Waals surface area contributed by atoms with Gasteiger partial charge in [0.05, 0.1) is 6.20 Å². The fourth-order valence-corrected chi connectivity index (χ4v) is 2.70. The third kappa shape index (κ3) is 2.07. The molecule has 1 aromatic rings. The van der Waals surface area contributed by atoms with Gasteiger partial charge in [-0.1, -0.05) is 13.8 Å². The van der Waals surface area contributed by atoms with Gasteiger partial charge in [0.1, 0.15) is 0 Å². The molecule has 1 heterocycles. The van der Waals surface area contributed by atoms with Crippen molar-refractivity contribution in [1.82, 2.24) is 15.1 Å². The molecule has 0 amide bonds. The van der Waals surface area contributed by atoms with Crippen LogP contribution in [0.1, 0.15) is 38.7 Å². The first-order valence-corrected chi connectivity index (χ1v) is 5.86. The highest BCUT2D eigenvalue weighted by Crippen LogP contribution is 2.40. The highest BCUT2D eigenvalue weighted by atomic mass is 15.2. The van der Waals surface area contributed by atoms with Crippen molar-refractivity contribution < 1.29 is 0 Å². The molecule has 1 saturated carbocycles. The quantitative estimate of drug-likeness (QED) is 0.819. The van der Waals surface area contributed by atoms with Crippen molar-refractivity contribution in [3.8, 4) is 0 Å². The van der Waals surface area contributed by atoms with Crippen LogP contribution in [0.2, 0.25) is 0 Å². The number of aryl methyl sites for hydroxylation is 1. The van der Waals surface area contributed by atoms with Crippen molar-refractivity contribution in [2.75, 3.05) is 6.54 Å². The summed E-state index contributed by atoms with van der Waals surface area (Å²) in [5.74, 6) is 0. The zero-order chi connectivity index (χ0) is 10.9. The van der Waals surface area contributed by atoms with Crippen LogP contribution in [0.15, 0.2) is 12.4 Å². The lowest BCUT2D eigenvalue weighted by Crippen LogP contribution is -2.28. The molecule has 2 unspecified atom stereocenters. The monoisotopic (exact) mass is 207 g/mol. The fraction of sp³-hybridized carbons (Fsp3) is 0.750. The Bertz CT molecular complexity index is 331. The molecular weight excluding hydrogens is 186 g/mol. The minimum Gasteiger partial charge on any atom is -0.314 e. The van der Waals surface area contributed by atoms with Gasteiger partial charge >= 0.3 is 0 Å². The lowest BCUT2D eigenvalue weighted by molar-refractivity contribution is 0.457. The third-order valence-electron chi connectivity index (χ3n) is 3.64. The predicted molar refractivity (Wildman–Crippen MR) is 61.9 cm³/mol. The Kier molecular flexibility index (Phi) is 2.83. The maximum atomic E-state index is 4.27. The standard InChI is InChI=1S/C12H21N3/c1-4-13-11-5-6-12(2,7-11)10-8-14-15(3)9-10/h8-9,11,13H,4-7H2,1-3H3. The van der Waals surface area contributed by atoms with Gasteiger partial charge in [-0.05, 0) is 36.8 Å². The molecule has 0 radical (unpaired) electrons. The molecule has 3 heteroatoms. The van der Waals surface area contributed by atoms with Crippen LogP contribution in [0.4, 0.5) is 0 Å². The normalized spacial score (nSPS) is 31.0. The van der Waals surface area contributed by atoms with Crippen molar-refractivity contribution in [3.63, 3.8) is 0 Å². The summed E-state index contributed by atoms with van der Waals surface area (Å²) in [4.78, 5) is 0. The van der Waals surface area contributed by atoms with Crippen molar-refractivity contribution in [2.24, 2.45) is 7.05 Å². The Hall–Kier alpha value is -0.830. The van der Waals surface area contributed by atoms with Gasteiger partial charge in [-0.2, -0.15) is 5.10 Å². The van der Waals surface area contributed by atoms with Gasteiger partial charge in [0, 0.05) is 19.3 Å². The molecular formula is C12H21N3. The van der Waals surface area contributed by atoms with Crippen LogP contribution in [0.25, 0.3) is 0 Å². The Morgan fingerprint density at radius 1 is 1.67 bits per heavy atom. The number of hydrogen-bond donors (Lipinski definition) is 1. The molecule has 0 aliphatic heterocycles. The van der Waals surface area contributed by atoms with E-state index >= 15 is 0 Å². The zero-order valence-corrected chi connectivity index (χ0v) is 9.95. The molecule has 0 aromatic carbocycles. The molecule has 1 aliphatic rings. The van der Waals surface area contributed by atoms with Gasteiger partial charge in [-0.25, -0.2) is 0 Å². The highest BCUT2D eigenvalue weighted by Gasteiger charge is 2.36. The van der Waals surface area contributed by atoms with Gasteiger partial charge in [0.15, 0.2) is 0 Å². The minimum atomic E-state index is 0.334. The molecule has 1 fully saturated rings. The Labute approximate surface area is 91.9 Å². The van der Waals surface area contributed by atoms with Gasteiger partial charge in [0.25, 0.3) is 0 Å². The minimum absolute atomic E-state index is 0.334. The number of nitrogens with one attached hydrogen (secondary N) is 1. The first-order valence-electron chi connectivity index (χ1n) is 5.86. The van der Waals surface area contributed by atoms with Crippen LogP contribution in [0.3, 0.4) is 0 Å². The Morgan fingerprint density at radius 2 is 2.47 bits per heavy atom. The summed E-state index contributed by atoms with van der Waals surface area (Å²) in [7, 11) is 1.99. The van der Waals surface area contributed by atoms with Crippen molar-refractivity contribution >= 4 is 0 Å². The summed E-state index contributed by atoms with van der Waals surface area (Å²) < 4.78 is 1.90. The van der Waals surface area contributed by atoms with Crippen LogP contribution in [-0.2, 0) is 12.5 Å². The maximum Gasteiger partial charge on any atom is 0.0527 e. The largest absolute Gasteiger partial charge is 0.314 e. The van der Waals surface area contributed by atoms with Gasteiger partial charge in [-0.15, -0.1) is 0 Å². The van der Waals surface area contributed by atoms with E-state index in [-0.39, 0.29) is 0 Å². The van der Waals surface area contributed by atoms with Crippen LogP contribution >= 0.6 is 0 Å². The van der Waals surface area contributed by atoms with E-state index in [9.17, 15) is 0 Å². The summed E-state index contributed by atoms with van der Waals surface area (Å²) in [5, 5.41) is 7.82. The van der Waals surface area contributed by atoms with Crippen LogP contribution in [-0.4, -0.2) is 22.4 Å². The van der Waals surface area contributed by atoms with E-state index in [0.29, 0.717) is 11.5 Å². The first kappa shape index (κ1) is 10.7. The maximum absolute atomic E-state index is 4.27. The lowest BCUT2D eigenvalue weighted by Gasteiger charge is -2.22. The van der Waals surface area contributed by atoms with Gasteiger partial charge < -0.3 is 5.32 Å². The van der Waals surface area contributed by atoms with E-state index in [2.05, 4.69) is 30.5 Å². The third-order valence-corrected chi connectivity index (χ3v) is 3.64. The molecule has 0 saturated heterocycles. The number of hydrogen-bond acceptors (Lipinski definition) is 2. The lowest BCUT2D eigenvalue weighted by atomic mass is 9.83. The molecule has 0 spiro atoms. The fourth-order valence-electron chi connectivity index (χ4n) is 2.70.